The van der Waals surface area contributed by atoms with E-state index in [9.17, 15) is 0 Å². The van der Waals surface area contributed by atoms with Gasteiger partial charge in [-0.15, -0.1) is 0 Å². The number of aromatic hydroxyl groups is 4. The highest BCUT2D eigenvalue weighted by Gasteiger charge is 1.96. The van der Waals surface area contributed by atoms with Gasteiger partial charge in [0.2, 0.25) is 0 Å². The minimum absolute atomic E-state index is 0.0190. The van der Waals surface area contributed by atoms with E-state index in [-0.39, 0.29) is 28.0 Å². The van der Waals surface area contributed by atoms with Crippen LogP contribution >= 0.6 is 11.6 Å². The van der Waals surface area contributed by atoms with E-state index in [2.05, 4.69) is 0 Å². The van der Waals surface area contributed by atoms with Crippen molar-refractivity contribution in [1.29, 1.82) is 0 Å². The van der Waals surface area contributed by atoms with Gasteiger partial charge in [-0.05, 0) is 42.8 Å². The van der Waals surface area contributed by atoms with Crippen molar-refractivity contribution in [3.8, 4) is 23.0 Å². The maximum atomic E-state index is 8.93. The van der Waals surface area contributed by atoms with E-state index in [0.29, 0.717) is 5.56 Å². The zero-order valence-corrected chi connectivity index (χ0v) is 10.4. The second kappa shape index (κ2) is 6.02. The van der Waals surface area contributed by atoms with Crippen LogP contribution in [-0.4, -0.2) is 20.4 Å². The van der Waals surface area contributed by atoms with Crippen LogP contribution in [0, 0.1) is 6.92 Å². The first kappa shape index (κ1) is 14.0. The Morgan fingerprint density at radius 2 is 1.28 bits per heavy atom. The number of hydrogen-bond donors (Lipinski definition) is 4. The molecule has 0 aromatic heterocycles. The van der Waals surface area contributed by atoms with Crippen LogP contribution < -0.4 is 0 Å². The molecule has 0 saturated heterocycles. The van der Waals surface area contributed by atoms with Crippen molar-refractivity contribution in [1.82, 2.24) is 0 Å². The smallest absolute Gasteiger partial charge is 0.134 e. The number of aryl methyl sites for hydroxylation is 1. The van der Waals surface area contributed by atoms with Crippen LogP contribution in [0.15, 0.2) is 36.4 Å². The second-order valence-corrected chi connectivity index (χ2v) is 4.01. The topological polar surface area (TPSA) is 80.9 Å². The first-order chi connectivity index (χ1) is 8.40. The van der Waals surface area contributed by atoms with Crippen molar-refractivity contribution in [2.75, 3.05) is 0 Å². The molecule has 0 bridgehead atoms. The van der Waals surface area contributed by atoms with Crippen molar-refractivity contribution >= 4 is 11.6 Å². The second-order valence-electron chi connectivity index (χ2n) is 3.61. The number of rotatable bonds is 0. The van der Waals surface area contributed by atoms with Gasteiger partial charge in [-0.2, -0.15) is 0 Å². The molecule has 0 heterocycles. The van der Waals surface area contributed by atoms with E-state index >= 15 is 0 Å². The fraction of sp³-hybridized carbons (Fsp3) is 0.0769. The van der Waals surface area contributed by atoms with E-state index in [4.69, 9.17) is 32.0 Å². The van der Waals surface area contributed by atoms with Crippen LogP contribution in [0.2, 0.25) is 5.02 Å². The summed E-state index contributed by atoms with van der Waals surface area (Å²) in [6.45, 7) is 1.73. The fourth-order valence-corrected chi connectivity index (χ4v) is 1.31. The standard InChI is InChI=1S/C7H8O2.C6H5ClO2/c1-5-4-6(8)2-3-7(5)9;7-5-3-4(8)1-2-6(5)9/h2-4,8-9H,1H3;1-3,8-9H. The molecule has 5 heteroatoms. The molecule has 0 aliphatic carbocycles. The molecule has 4 N–H and O–H groups in total. The van der Waals surface area contributed by atoms with E-state index in [0.717, 1.165) is 0 Å². The molecular weight excluding hydrogens is 256 g/mol. The lowest BCUT2D eigenvalue weighted by molar-refractivity contribution is 0.456. The summed E-state index contributed by atoms with van der Waals surface area (Å²) >= 11 is 5.40. The molecule has 2 aromatic carbocycles. The molecule has 0 aliphatic rings. The monoisotopic (exact) mass is 268 g/mol. The molecule has 96 valence electrons. The van der Waals surface area contributed by atoms with Crippen molar-refractivity contribution in [3.63, 3.8) is 0 Å². The van der Waals surface area contributed by atoms with Crippen LogP contribution in [0.5, 0.6) is 23.0 Å². The Bertz CT molecular complexity index is 491. The molecule has 0 fully saturated rings. The molecule has 4 nitrogen and oxygen atoms in total. The Labute approximate surface area is 109 Å². The molecule has 2 aromatic rings. The summed E-state index contributed by atoms with van der Waals surface area (Å²) in [5, 5.41) is 35.5. The molecule has 0 atom stereocenters. The minimum Gasteiger partial charge on any atom is -0.508 e. The number of hydrogen-bond acceptors (Lipinski definition) is 4. The molecule has 0 radical (unpaired) electrons. The van der Waals surface area contributed by atoms with Crippen LogP contribution in [0.3, 0.4) is 0 Å². The zero-order chi connectivity index (χ0) is 13.7. The lowest BCUT2D eigenvalue weighted by atomic mass is 10.2. The van der Waals surface area contributed by atoms with Gasteiger partial charge in [0.15, 0.2) is 0 Å². The summed E-state index contributed by atoms with van der Waals surface area (Å²) < 4.78 is 0. The normalized spacial score (nSPS) is 9.44. The summed E-state index contributed by atoms with van der Waals surface area (Å²) in [4.78, 5) is 0. The molecule has 0 spiro atoms. The maximum Gasteiger partial charge on any atom is 0.134 e. The van der Waals surface area contributed by atoms with Crippen molar-refractivity contribution in [3.05, 3.63) is 47.0 Å². The van der Waals surface area contributed by atoms with E-state index < -0.39 is 0 Å². The highest BCUT2D eigenvalue weighted by Crippen LogP contribution is 2.26. The highest BCUT2D eigenvalue weighted by molar-refractivity contribution is 6.32. The summed E-state index contributed by atoms with van der Waals surface area (Å²) in [6, 6.07) is 8.39. The molecule has 0 saturated carbocycles. The van der Waals surface area contributed by atoms with Gasteiger partial charge in [0, 0.05) is 6.07 Å². The SMILES string of the molecule is Cc1cc(O)ccc1O.Oc1ccc(O)c(Cl)c1. The summed E-state index contributed by atoms with van der Waals surface area (Å²) in [7, 11) is 0. The Balaban J connectivity index is 0.000000180. The number of phenolic OH excluding ortho intramolecular Hbond substituents is 4. The number of halogens is 1. The van der Waals surface area contributed by atoms with Crippen LogP contribution in [-0.2, 0) is 0 Å². The minimum atomic E-state index is -0.0190. The maximum absolute atomic E-state index is 8.93. The van der Waals surface area contributed by atoms with E-state index in [1.165, 1.54) is 36.4 Å². The number of benzene rings is 2. The predicted octanol–water partition coefficient (Wildman–Crippen LogP) is 3.16. The third-order valence-electron chi connectivity index (χ3n) is 2.11. The molecule has 18 heavy (non-hydrogen) atoms. The summed E-state index contributed by atoms with van der Waals surface area (Å²) in [5.41, 5.74) is 0.690. The number of phenols is 4. The average Bonchev–Trinajstić information content (AvgIpc) is 2.30. The van der Waals surface area contributed by atoms with E-state index in [1.54, 1.807) is 6.92 Å². The van der Waals surface area contributed by atoms with Gasteiger partial charge in [-0.3, -0.25) is 0 Å². The molecular formula is C13H13ClO4. The van der Waals surface area contributed by atoms with Gasteiger partial charge in [0.25, 0.3) is 0 Å². The van der Waals surface area contributed by atoms with Crippen molar-refractivity contribution < 1.29 is 20.4 Å². The van der Waals surface area contributed by atoms with Gasteiger partial charge in [-0.1, -0.05) is 11.6 Å². The quantitative estimate of drug-likeness (QED) is 0.553. The summed E-state index contributed by atoms with van der Waals surface area (Å²) in [5.74, 6) is 0.436. The highest BCUT2D eigenvalue weighted by atomic mass is 35.5. The lowest BCUT2D eigenvalue weighted by Gasteiger charge is -1.96. The van der Waals surface area contributed by atoms with Crippen molar-refractivity contribution in [2.45, 2.75) is 6.92 Å². The Kier molecular flexibility index (Phi) is 4.68. The van der Waals surface area contributed by atoms with Crippen LogP contribution in [0.25, 0.3) is 0 Å². The largest absolute Gasteiger partial charge is 0.508 e. The Morgan fingerprint density at radius 1 is 0.778 bits per heavy atom. The van der Waals surface area contributed by atoms with Gasteiger partial charge in [0.05, 0.1) is 5.02 Å². The summed E-state index contributed by atoms with van der Waals surface area (Å²) in [6.07, 6.45) is 0. The van der Waals surface area contributed by atoms with Crippen molar-refractivity contribution in [2.24, 2.45) is 0 Å². The van der Waals surface area contributed by atoms with E-state index in [1.807, 2.05) is 0 Å². The average molecular weight is 269 g/mol. The Hall–Kier alpha value is -2.07. The zero-order valence-electron chi connectivity index (χ0n) is 9.63. The fourth-order valence-electron chi connectivity index (χ4n) is 1.14. The van der Waals surface area contributed by atoms with Gasteiger partial charge >= 0.3 is 0 Å². The first-order valence-electron chi connectivity index (χ1n) is 5.06. The predicted molar refractivity (Wildman–Crippen MR) is 69.3 cm³/mol. The molecule has 0 aliphatic heterocycles. The lowest BCUT2D eigenvalue weighted by Crippen LogP contribution is -1.71. The Morgan fingerprint density at radius 3 is 1.67 bits per heavy atom. The van der Waals surface area contributed by atoms with Crippen LogP contribution in [0.4, 0.5) is 0 Å². The molecule has 0 amide bonds. The van der Waals surface area contributed by atoms with Gasteiger partial charge in [-0.25, -0.2) is 0 Å². The third kappa shape index (κ3) is 4.07. The van der Waals surface area contributed by atoms with Gasteiger partial charge in [0.1, 0.15) is 23.0 Å². The van der Waals surface area contributed by atoms with Crippen LogP contribution in [0.1, 0.15) is 5.56 Å². The molecule has 2 rings (SSSR count). The molecule has 0 unspecified atom stereocenters. The first-order valence-corrected chi connectivity index (χ1v) is 5.44. The van der Waals surface area contributed by atoms with Gasteiger partial charge < -0.3 is 20.4 Å². The third-order valence-corrected chi connectivity index (χ3v) is 2.41.